The van der Waals surface area contributed by atoms with E-state index in [-0.39, 0.29) is 17.8 Å². The molecule has 0 radical (unpaired) electrons. The van der Waals surface area contributed by atoms with Crippen LogP contribution in [0, 0.1) is 5.82 Å². The fourth-order valence-electron chi connectivity index (χ4n) is 2.36. The predicted molar refractivity (Wildman–Crippen MR) is 63.9 cm³/mol. The fourth-order valence-corrected chi connectivity index (χ4v) is 2.36. The average molecular weight is 236 g/mol. The topological polar surface area (TPSA) is 55.1 Å². The van der Waals surface area contributed by atoms with Crippen molar-refractivity contribution < 1.29 is 9.18 Å². The predicted octanol–water partition coefficient (Wildman–Crippen LogP) is 1.67. The minimum atomic E-state index is -0.273. The van der Waals surface area contributed by atoms with Gasteiger partial charge in [-0.3, -0.25) is 4.79 Å². The third-order valence-corrected chi connectivity index (χ3v) is 3.20. The van der Waals surface area contributed by atoms with Crippen molar-refractivity contribution in [3.63, 3.8) is 0 Å². The molecule has 1 amide bonds. The monoisotopic (exact) mass is 236 g/mol. The molecule has 0 saturated carbocycles. The van der Waals surface area contributed by atoms with Gasteiger partial charge < -0.3 is 11.1 Å². The second-order valence-corrected chi connectivity index (χ2v) is 4.42. The molecule has 3 nitrogen and oxygen atoms in total. The molecular formula is C13H17FN2O. The molecule has 92 valence electrons. The van der Waals surface area contributed by atoms with Crippen molar-refractivity contribution >= 4 is 5.91 Å². The number of benzene rings is 1. The Morgan fingerprint density at radius 2 is 2.35 bits per heavy atom. The molecule has 17 heavy (non-hydrogen) atoms. The maximum absolute atomic E-state index is 13.5. The minimum absolute atomic E-state index is 0.107. The Labute approximate surface area is 100 Å². The van der Waals surface area contributed by atoms with Gasteiger partial charge in [-0.15, -0.1) is 0 Å². The lowest BCUT2D eigenvalue weighted by Gasteiger charge is -2.13. The zero-order chi connectivity index (χ0) is 12.3. The van der Waals surface area contributed by atoms with Crippen molar-refractivity contribution in [3.05, 3.63) is 35.1 Å². The number of fused-ring (bicyclic) bond motifs is 1. The smallest absolute Gasteiger partial charge is 0.217 e. The number of primary amides is 1. The third-order valence-electron chi connectivity index (χ3n) is 3.20. The number of nitrogens with one attached hydrogen (secondary N) is 1. The molecule has 0 heterocycles. The standard InChI is InChI=1S/C13H17FN2O/c14-11-4-1-3-10-9(11)6-7-12(10)16-8-2-5-13(15)17/h1,3-4,12,16H,2,5-8H2,(H2,15,17). The summed E-state index contributed by atoms with van der Waals surface area (Å²) in [6, 6.07) is 5.44. The summed E-state index contributed by atoms with van der Waals surface area (Å²) in [4.78, 5) is 10.6. The highest BCUT2D eigenvalue weighted by molar-refractivity contribution is 5.73. The fraction of sp³-hybridized carbons (Fsp3) is 0.462. The number of nitrogens with two attached hydrogens (primary N) is 1. The highest BCUT2D eigenvalue weighted by atomic mass is 19.1. The van der Waals surface area contributed by atoms with Crippen LogP contribution in [0.1, 0.15) is 36.4 Å². The SMILES string of the molecule is NC(=O)CCCNC1CCc2c(F)cccc21. The van der Waals surface area contributed by atoms with Crippen LogP contribution >= 0.6 is 0 Å². The molecule has 1 aromatic rings. The summed E-state index contributed by atoms with van der Waals surface area (Å²) < 4.78 is 13.5. The molecule has 1 aliphatic rings. The number of carbonyl (C=O) groups excluding carboxylic acids is 1. The molecule has 2 rings (SSSR count). The Balaban J connectivity index is 1.89. The third kappa shape index (κ3) is 2.82. The largest absolute Gasteiger partial charge is 0.370 e. The van der Waals surface area contributed by atoms with Gasteiger partial charge in [-0.25, -0.2) is 4.39 Å². The Kier molecular flexibility index (Phi) is 3.74. The molecule has 0 aliphatic heterocycles. The molecule has 0 aromatic heterocycles. The van der Waals surface area contributed by atoms with Gasteiger partial charge in [0.15, 0.2) is 0 Å². The van der Waals surface area contributed by atoms with Crippen LogP contribution in [0.3, 0.4) is 0 Å². The summed E-state index contributed by atoms with van der Waals surface area (Å²) in [7, 11) is 0. The van der Waals surface area contributed by atoms with Gasteiger partial charge in [-0.2, -0.15) is 0 Å². The molecule has 0 bridgehead atoms. The van der Waals surface area contributed by atoms with Crippen molar-refractivity contribution in [2.24, 2.45) is 5.73 Å². The van der Waals surface area contributed by atoms with Crippen LogP contribution in [0.4, 0.5) is 4.39 Å². The molecule has 0 fully saturated rings. The normalized spacial score (nSPS) is 18.1. The first kappa shape index (κ1) is 12.0. The number of halogens is 1. The molecule has 0 saturated heterocycles. The van der Waals surface area contributed by atoms with E-state index >= 15 is 0 Å². The van der Waals surface area contributed by atoms with Gasteiger partial charge in [-0.1, -0.05) is 12.1 Å². The summed E-state index contributed by atoms with van der Waals surface area (Å²) in [6.07, 6.45) is 2.84. The lowest BCUT2D eigenvalue weighted by molar-refractivity contribution is -0.118. The zero-order valence-electron chi connectivity index (χ0n) is 9.71. The number of rotatable bonds is 5. The van der Waals surface area contributed by atoms with Gasteiger partial charge in [0.2, 0.25) is 5.91 Å². The first-order valence-electron chi connectivity index (χ1n) is 5.97. The summed E-state index contributed by atoms with van der Waals surface area (Å²) in [6.45, 7) is 0.740. The molecule has 1 atom stereocenters. The number of amides is 1. The highest BCUT2D eigenvalue weighted by Gasteiger charge is 2.23. The average Bonchev–Trinajstić information content (AvgIpc) is 2.69. The van der Waals surface area contributed by atoms with E-state index in [1.807, 2.05) is 6.07 Å². The van der Waals surface area contributed by atoms with E-state index in [2.05, 4.69) is 5.32 Å². The Morgan fingerprint density at radius 1 is 1.53 bits per heavy atom. The molecule has 1 aliphatic carbocycles. The Morgan fingerprint density at radius 3 is 3.12 bits per heavy atom. The highest BCUT2D eigenvalue weighted by Crippen LogP contribution is 2.32. The van der Waals surface area contributed by atoms with E-state index < -0.39 is 0 Å². The molecular weight excluding hydrogens is 219 g/mol. The summed E-state index contributed by atoms with van der Waals surface area (Å²) in [5, 5.41) is 3.35. The van der Waals surface area contributed by atoms with Gasteiger partial charge in [-0.05, 0) is 43.0 Å². The van der Waals surface area contributed by atoms with Crippen LogP contribution in [0.5, 0.6) is 0 Å². The van der Waals surface area contributed by atoms with E-state index in [9.17, 15) is 9.18 Å². The quantitative estimate of drug-likeness (QED) is 0.764. The van der Waals surface area contributed by atoms with Crippen molar-refractivity contribution in [2.75, 3.05) is 6.54 Å². The van der Waals surface area contributed by atoms with Gasteiger partial charge in [0, 0.05) is 12.5 Å². The summed E-state index contributed by atoms with van der Waals surface area (Å²) in [5.41, 5.74) is 6.96. The maximum Gasteiger partial charge on any atom is 0.217 e. The maximum atomic E-state index is 13.5. The van der Waals surface area contributed by atoms with E-state index in [0.717, 1.165) is 36.9 Å². The van der Waals surface area contributed by atoms with E-state index in [1.54, 1.807) is 6.07 Å². The molecule has 1 aromatic carbocycles. The second kappa shape index (κ2) is 5.27. The van der Waals surface area contributed by atoms with E-state index in [0.29, 0.717) is 6.42 Å². The van der Waals surface area contributed by atoms with Crippen molar-refractivity contribution in [2.45, 2.75) is 31.7 Å². The van der Waals surface area contributed by atoms with Gasteiger partial charge in [0.1, 0.15) is 5.82 Å². The molecule has 4 heteroatoms. The van der Waals surface area contributed by atoms with Crippen LogP contribution < -0.4 is 11.1 Å². The van der Waals surface area contributed by atoms with Gasteiger partial charge in [0.25, 0.3) is 0 Å². The number of hydrogen-bond donors (Lipinski definition) is 2. The van der Waals surface area contributed by atoms with Crippen LogP contribution in [-0.4, -0.2) is 12.5 Å². The number of hydrogen-bond acceptors (Lipinski definition) is 2. The molecule has 3 N–H and O–H groups in total. The first-order chi connectivity index (χ1) is 8.18. The number of carbonyl (C=O) groups is 1. The van der Waals surface area contributed by atoms with E-state index in [1.165, 1.54) is 6.07 Å². The first-order valence-corrected chi connectivity index (χ1v) is 5.97. The Hall–Kier alpha value is -1.42. The van der Waals surface area contributed by atoms with Gasteiger partial charge >= 0.3 is 0 Å². The van der Waals surface area contributed by atoms with Crippen LogP contribution in [0.2, 0.25) is 0 Å². The van der Waals surface area contributed by atoms with Crippen LogP contribution in [0.25, 0.3) is 0 Å². The molecule has 1 unspecified atom stereocenters. The second-order valence-electron chi connectivity index (χ2n) is 4.42. The van der Waals surface area contributed by atoms with E-state index in [4.69, 9.17) is 5.73 Å². The van der Waals surface area contributed by atoms with Crippen LogP contribution in [0.15, 0.2) is 18.2 Å². The van der Waals surface area contributed by atoms with Crippen molar-refractivity contribution in [3.8, 4) is 0 Å². The lowest BCUT2D eigenvalue weighted by Crippen LogP contribution is -2.22. The lowest BCUT2D eigenvalue weighted by atomic mass is 10.1. The van der Waals surface area contributed by atoms with Crippen molar-refractivity contribution in [1.82, 2.24) is 5.32 Å². The zero-order valence-corrected chi connectivity index (χ0v) is 9.71. The summed E-state index contributed by atoms with van der Waals surface area (Å²) in [5.74, 6) is -0.381. The van der Waals surface area contributed by atoms with Gasteiger partial charge in [0.05, 0.1) is 0 Å². The van der Waals surface area contributed by atoms with Crippen molar-refractivity contribution in [1.29, 1.82) is 0 Å². The Bertz CT molecular complexity index is 420. The molecule has 0 spiro atoms. The minimum Gasteiger partial charge on any atom is -0.370 e. The van der Waals surface area contributed by atoms with Crippen LogP contribution in [-0.2, 0) is 11.2 Å². The summed E-state index contributed by atoms with van der Waals surface area (Å²) >= 11 is 0.